The molecule has 0 N–H and O–H groups in total. The molecule has 6 fully saturated rings. The van der Waals surface area contributed by atoms with Crippen LogP contribution in [-0.2, 0) is 73.3 Å². The Kier molecular flexibility index (Phi) is 42.5. The van der Waals surface area contributed by atoms with Crippen LogP contribution in [0.2, 0.25) is 20.1 Å². The first-order valence-electron chi connectivity index (χ1n) is 52.1. The average Bonchev–Trinajstić information content (AvgIpc) is 1.09. The van der Waals surface area contributed by atoms with Gasteiger partial charge in [-0.2, -0.15) is 0 Å². The second-order valence-electron chi connectivity index (χ2n) is 38.6. The van der Waals surface area contributed by atoms with E-state index in [1.54, 1.807) is 95.4 Å². The molecule has 0 amide bonds. The lowest BCUT2D eigenvalue weighted by molar-refractivity contribution is -0.139. The molecule has 0 atom stereocenters. The highest BCUT2D eigenvalue weighted by atomic mass is 35.5. The first-order valence-corrected chi connectivity index (χ1v) is 53.6. The number of piperidine rings is 2. The van der Waals surface area contributed by atoms with Crippen molar-refractivity contribution in [2.45, 2.75) is 181 Å². The standard InChI is InChI=1S/C31H37ClN2O5.C30H36ClN3O5.C28H32ClNO6.C27H31ClN2O6/c1-3-5-23(35)16-22-6-7-24(17-26(22)32)39-28-8-11-33-27-19-30(29(36-2)18-25(27)28)38-15-4-12-34-13-9-31(10-14-34)20-37-21-31;1-3-5-22(35)14-21-6-7-23(15-25(21)31)39-29-24-16-27(36-2)28(17-26(24)32-20-33-29)38-13-4-10-34-11-8-30(9-12-34)18-37-19-30;1-3-4-6-20(31)13-19-7-8-21(14-24(19)29)36-26-9-10-30-25-16-28(27(32-2)15-23(25)26)35-12-5-11-34-22-17-33-18-22;1-3-4-6-19(31)11-18-7-8-20(12-23(18)28)36-27-22-13-25(32-2)26(14-24(22)29-17-30-27)35-10-5-9-34-21-15-33-16-21/h6-8,11,17-19H,3-5,9-10,12-16,20-21H2,1-2H3;6-7,15-17,20H,3-5,8-14,18-19H2,1-2H3;7-10,14-16,22H,3-6,11-13,17-18H2,1-2H3;7-8,12-14,17,21H,3-6,9-11,15-16H2,1-2H3. The molecule has 150 heavy (non-hydrogen) atoms. The number of benzene rings is 8. The predicted molar refractivity (Wildman–Crippen MR) is 578 cm³/mol. The Balaban J connectivity index is 0.000000150. The lowest BCUT2D eigenvalue weighted by Gasteiger charge is -2.47. The highest BCUT2D eigenvalue weighted by molar-refractivity contribution is 6.33. The van der Waals surface area contributed by atoms with E-state index in [2.05, 4.69) is 53.6 Å². The molecule has 10 heterocycles. The Labute approximate surface area is 896 Å². The molecular formula is C116H136Cl4N8O22. The third kappa shape index (κ3) is 31.8. The SMILES string of the molecule is CCCC(=O)Cc1ccc(Oc2ccnc3cc(OCCCN4CCC5(CC4)COC5)c(OC)cc23)cc1Cl.CCCC(=O)Cc1ccc(Oc2ncnc3cc(OCCCN4CCC5(CC4)COC5)c(OC)cc23)cc1Cl.CCCCC(=O)Cc1ccc(Oc2ccnc3cc(OCCCOC4COC4)c(OC)cc23)cc1Cl.CCCCC(=O)Cc1ccc(Oc2ncnc3cc(OCCCOC4COC4)c(OC)cc23)cc1Cl. The first kappa shape index (κ1) is 112. The zero-order valence-electron chi connectivity index (χ0n) is 86.9. The number of methoxy groups -OCH3 is 4. The molecular weight excluding hydrogens is 2000 g/mol. The van der Waals surface area contributed by atoms with Crippen molar-refractivity contribution >= 4 is 113 Å². The van der Waals surface area contributed by atoms with Gasteiger partial charge in [0, 0.05) is 156 Å². The number of aromatic nitrogens is 6. The second-order valence-corrected chi connectivity index (χ2v) is 40.2. The molecule has 8 aromatic carbocycles. The summed E-state index contributed by atoms with van der Waals surface area (Å²) in [6.45, 7) is 24.5. The van der Waals surface area contributed by atoms with Crippen LogP contribution in [0, 0.1) is 10.8 Å². The molecule has 0 radical (unpaired) electrons. The number of hydrogen-bond donors (Lipinski definition) is 0. The van der Waals surface area contributed by atoms with E-state index in [9.17, 15) is 19.2 Å². The highest BCUT2D eigenvalue weighted by Gasteiger charge is 2.42. The van der Waals surface area contributed by atoms with E-state index in [0.29, 0.717) is 262 Å². The summed E-state index contributed by atoms with van der Waals surface area (Å²) in [7, 11) is 6.44. The molecule has 34 heteroatoms. The molecule has 12 aromatic rings. The molecule has 4 aromatic heterocycles. The van der Waals surface area contributed by atoms with Gasteiger partial charge in [-0.3, -0.25) is 29.1 Å². The number of likely N-dealkylation sites (tertiary alicyclic amines) is 2. The lowest BCUT2D eigenvalue weighted by atomic mass is 9.77. The lowest BCUT2D eigenvalue weighted by Crippen LogP contribution is -2.51. The zero-order valence-corrected chi connectivity index (χ0v) is 90.0. The van der Waals surface area contributed by atoms with Crippen molar-refractivity contribution in [3.63, 3.8) is 0 Å². The van der Waals surface area contributed by atoms with Crippen molar-refractivity contribution in [3.8, 4) is 92.3 Å². The minimum atomic E-state index is 0.170. The second kappa shape index (κ2) is 56.6. The number of carbonyl (C=O) groups excluding carboxylic acids is 4. The predicted octanol–water partition coefficient (Wildman–Crippen LogP) is 24.1. The van der Waals surface area contributed by atoms with E-state index < -0.39 is 0 Å². The highest BCUT2D eigenvalue weighted by Crippen LogP contribution is 2.46. The van der Waals surface area contributed by atoms with Crippen molar-refractivity contribution in [1.82, 2.24) is 39.7 Å². The maximum absolute atomic E-state index is 12.1. The number of unbranched alkanes of at least 4 members (excludes halogenated alkanes) is 2. The van der Waals surface area contributed by atoms with E-state index in [1.807, 2.05) is 92.7 Å². The van der Waals surface area contributed by atoms with Crippen molar-refractivity contribution in [2.24, 2.45) is 10.8 Å². The van der Waals surface area contributed by atoms with Crippen molar-refractivity contribution in [2.75, 3.05) is 160 Å². The van der Waals surface area contributed by atoms with Gasteiger partial charge in [0.1, 0.15) is 82.5 Å². The molecule has 800 valence electrons. The van der Waals surface area contributed by atoms with Crippen molar-refractivity contribution < 1.29 is 104 Å². The summed E-state index contributed by atoms with van der Waals surface area (Å²) in [6, 6.07) is 39.9. The third-order valence-corrected chi connectivity index (χ3v) is 28.6. The van der Waals surface area contributed by atoms with Crippen molar-refractivity contribution in [1.29, 1.82) is 0 Å². The number of hydrogen-bond acceptors (Lipinski definition) is 30. The van der Waals surface area contributed by atoms with E-state index in [-0.39, 0.29) is 35.3 Å². The Hall–Kier alpha value is -11.6. The number of pyridine rings is 2. The minimum Gasteiger partial charge on any atom is -0.493 e. The number of nitrogens with zero attached hydrogens (tertiary/aromatic N) is 8. The Morgan fingerprint density at radius 3 is 0.933 bits per heavy atom. The number of halogens is 4. The number of fused-ring (bicyclic) bond motifs is 4. The molecule has 6 aliphatic rings. The number of rotatable bonds is 52. The molecule has 6 aliphatic heterocycles. The molecule has 0 aliphatic carbocycles. The zero-order chi connectivity index (χ0) is 105. The third-order valence-electron chi connectivity index (χ3n) is 27.2. The summed E-state index contributed by atoms with van der Waals surface area (Å²) in [5.41, 5.74) is 6.92. The molecule has 0 unspecified atom stereocenters. The smallest absolute Gasteiger partial charge is 0.230 e. The van der Waals surface area contributed by atoms with Gasteiger partial charge in [-0.15, -0.1) is 0 Å². The van der Waals surface area contributed by atoms with Gasteiger partial charge >= 0.3 is 0 Å². The summed E-state index contributed by atoms with van der Waals surface area (Å²) in [5, 5.41) is 4.96. The summed E-state index contributed by atoms with van der Waals surface area (Å²) in [5.74, 6) is 9.81. The normalized spacial score (nSPS) is 15.1. The van der Waals surface area contributed by atoms with Gasteiger partial charge < -0.3 is 95.1 Å². The Morgan fingerprint density at radius 1 is 0.327 bits per heavy atom. The van der Waals surface area contributed by atoms with E-state index in [0.717, 1.165) is 174 Å². The Bertz CT molecular complexity index is 6120. The quantitative estimate of drug-likeness (QED) is 0.0320. The van der Waals surface area contributed by atoms with Crippen LogP contribution in [0.4, 0.5) is 0 Å². The number of carbonyl (C=O) groups is 4. The fourth-order valence-corrected chi connectivity index (χ4v) is 19.0. The average molecular weight is 2140 g/mol. The maximum Gasteiger partial charge on any atom is 0.230 e. The van der Waals surface area contributed by atoms with Gasteiger partial charge in [-0.05, 0) is 198 Å². The first-order chi connectivity index (χ1) is 73.1. The molecule has 0 bridgehead atoms. The molecule has 30 nitrogen and oxygen atoms in total. The van der Waals surface area contributed by atoms with Crippen LogP contribution in [0.1, 0.15) is 166 Å². The van der Waals surface area contributed by atoms with Crippen LogP contribution in [0.15, 0.2) is 159 Å². The van der Waals surface area contributed by atoms with E-state index >= 15 is 0 Å². The van der Waals surface area contributed by atoms with Gasteiger partial charge in [-0.25, -0.2) is 19.9 Å². The van der Waals surface area contributed by atoms with Crippen molar-refractivity contribution in [3.05, 3.63) is 201 Å². The topological polar surface area (TPSA) is 318 Å². The Morgan fingerprint density at radius 2 is 0.640 bits per heavy atom. The largest absolute Gasteiger partial charge is 0.493 e. The van der Waals surface area contributed by atoms with Crippen LogP contribution >= 0.6 is 46.4 Å². The van der Waals surface area contributed by atoms with Gasteiger partial charge in [0.05, 0.1) is 154 Å². The fourth-order valence-electron chi connectivity index (χ4n) is 18.1. The van der Waals surface area contributed by atoms with Crippen LogP contribution in [-0.4, -0.2) is 235 Å². The fraction of sp³-hybridized carbons (Fsp3) is 0.466. The summed E-state index contributed by atoms with van der Waals surface area (Å²) < 4.78 is 103. The summed E-state index contributed by atoms with van der Waals surface area (Å²) in [6.07, 6.45) is 24.0. The molecule has 0 saturated carbocycles. The number of ketones is 4. The van der Waals surface area contributed by atoms with Crippen LogP contribution in [0.25, 0.3) is 43.6 Å². The number of ether oxygens (including phenoxy) is 18. The molecule has 6 saturated heterocycles. The van der Waals surface area contributed by atoms with E-state index in [4.69, 9.17) is 132 Å². The summed E-state index contributed by atoms with van der Waals surface area (Å²) >= 11 is 25.8. The maximum atomic E-state index is 12.1. The molecule has 18 rings (SSSR count). The summed E-state index contributed by atoms with van der Waals surface area (Å²) in [4.78, 5) is 79.8. The van der Waals surface area contributed by atoms with Gasteiger partial charge in [0.25, 0.3) is 0 Å². The van der Waals surface area contributed by atoms with Gasteiger partial charge in [0.2, 0.25) is 11.8 Å². The number of Topliss-reactive ketones (excluding diaryl/α,β-unsaturated/α-hetero) is 4. The van der Waals surface area contributed by atoms with Gasteiger partial charge in [-0.1, -0.05) is 111 Å². The van der Waals surface area contributed by atoms with Crippen LogP contribution in [0.5, 0.6) is 92.3 Å². The van der Waals surface area contributed by atoms with E-state index in [1.165, 1.54) is 38.3 Å². The molecule has 2 spiro atoms. The minimum absolute atomic E-state index is 0.170. The monoisotopic (exact) mass is 2130 g/mol. The van der Waals surface area contributed by atoms with Crippen LogP contribution < -0.4 is 56.8 Å². The van der Waals surface area contributed by atoms with Gasteiger partial charge in [0.15, 0.2) is 46.0 Å². The van der Waals surface area contributed by atoms with Crippen LogP contribution in [0.3, 0.4) is 0 Å².